The van der Waals surface area contributed by atoms with E-state index in [1.165, 1.54) is 34.2 Å². The van der Waals surface area contributed by atoms with Crippen LogP contribution in [0, 0.1) is 0 Å². The van der Waals surface area contributed by atoms with Crippen molar-refractivity contribution in [1.29, 1.82) is 0 Å². The molecule has 1 N–H and O–H groups in total. The summed E-state index contributed by atoms with van der Waals surface area (Å²) < 4.78 is 12.8. The average Bonchev–Trinajstić information content (AvgIpc) is 3.27. The summed E-state index contributed by atoms with van der Waals surface area (Å²) in [5.74, 6) is 2.59. The molecule has 1 fully saturated rings. The zero-order valence-electron chi connectivity index (χ0n) is 12.4. The third-order valence-corrected chi connectivity index (χ3v) is 5.33. The van der Waals surface area contributed by atoms with Crippen LogP contribution in [0.3, 0.4) is 0 Å². The van der Waals surface area contributed by atoms with Crippen LogP contribution >= 0.6 is 11.3 Å². The van der Waals surface area contributed by atoms with Crippen LogP contribution in [0.25, 0.3) is 10.1 Å². The first-order valence-electron chi connectivity index (χ1n) is 7.92. The Morgan fingerprint density at radius 2 is 1.95 bits per heavy atom. The summed E-state index contributed by atoms with van der Waals surface area (Å²) in [4.78, 5) is 1.50. The van der Waals surface area contributed by atoms with E-state index in [1.807, 2.05) is 11.3 Å². The van der Waals surface area contributed by atoms with Gasteiger partial charge in [0.15, 0.2) is 11.5 Å². The third-order valence-electron chi connectivity index (χ3n) is 4.17. The standard InChI is InChI=1S/C17H21NO2S/c1-2-5-18-10-16-17(11-3-4-11)12-8-13-14(9-15(12)21-16)20-7-6-19-13/h8-9,11,18H,2-7,10H2,1H3. The number of rotatable bonds is 5. The number of benzene rings is 1. The molecule has 0 spiro atoms. The van der Waals surface area contributed by atoms with E-state index in [-0.39, 0.29) is 0 Å². The maximum absolute atomic E-state index is 5.76. The lowest BCUT2D eigenvalue weighted by Crippen LogP contribution is -2.15. The third kappa shape index (κ3) is 2.51. The van der Waals surface area contributed by atoms with Crippen LogP contribution in [0.1, 0.15) is 42.5 Å². The molecule has 0 saturated heterocycles. The first kappa shape index (κ1) is 13.4. The van der Waals surface area contributed by atoms with Gasteiger partial charge in [-0.25, -0.2) is 0 Å². The molecule has 0 unspecified atom stereocenters. The lowest BCUT2D eigenvalue weighted by atomic mass is 10.1. The Hall–Kier alpha value is -1.26. The second-order valence-corrected chi connectivity index (χ2v) is 7.02. The molecule has 2 aliphatic rings. The molecule has 4 rings (SSSR count). The number of fused-ring (bicyclic) bond motifs is 2. The van der Waals surface area contributed by atoms with Gasteiger partial charge in [0, 0.05) is 27.6 Å². The molecular weight excluding hydrogens is 282 g/mol. The topological polar surface area (TPSA) is 30.5 Å². The van der Waals surface area contributed by atoms with Crippen LogP contribution in [0.15, 0.2) is 12.1 Å². The van der Waals surface area contributed by atoms with Crippen molar-refractivity contribution in [2.75, 3.05) is 19.8 Å². The van der Waals surface area contributed by atoms with Gasteiger partial charge in [-0.3, -0.25) is 0 Å². The number of nitrogens with one attached hydrogen (secondary N) is 1. The minimum absolute atomic E-state index is 0.657. The van der Waals surface area contributed by atoms with Crippen molar-refractivity contribution >= 4 is 21.4 Å². The van der Waals surface area contributed by atoms with Crippen LogP contribution < -0.4 is 14.8 Å². The predicted octanol–water partition coefficient (Wildman–Crippen LogP) is 4.05. The summed E-state index contributed by atoms with van der Waals surface area (Å²) >= 11 is 1.92. The Labute approximate surface area is 129 Å². The first-order valence-corrected chi connectivity index (χ1v) is 8.74. The van der Waals surface area contributed by atoms with Crippen molar-refractivity contribution in [3.05, 3.63) is 22.6 Å². The molecule has 2 aromatic rings. The minimum Gasteiger partial charge on any atom is -0.486 e. The molecule has 3 nitrogen and oxygen atoms in total. The number of hydrogen-bond donors (Lipinski definition) is 1. The zero-order chi connectivity index (χ0) is 14.2. The summed E-state index contributed by atoms with van der Waals surface area (Å²) in [7, 11) is 0. The van der Waals surface area contributed by atoms with E-state index in [2.05, 4.69) is 24.4 Å². The number of thiophene rings is 1. The van der Waals surface area contributed by atoms with Crippen molar-refractivity contribution < 1.29 is 9.47 Å². The van der Waals surface area contributed by atoms with E-state index >= 15 is 0 Å². The highest BCUT2D eigenvalue weighted by Gasteiger charge is 2.30. The fourth-order valence-corrected chi connectivity index (χ4v) is 4.30. The molecule has 0 radical (unpaired) electrons. The molecule has 2 heterocycles. The monoisotopic (exact) mass is 303 g/mol. The normalized spacial score (nSPS) is 17.4. The lowest BCUT2D eigenvalue weighted by Gasteiger charge is -2.18. The van der Waals surface area contributed by atoms with Crippen molar-refractivity contribution in [3.8, 4) is 11.5 Å². The number of ether oxygens (including phenoxy) is 2. The molecule has 4 heteroatoms. The molecule has 0 amide bonds. The van der Waals surface area contributed by atoms with Gasteiger partial charge in [-0.05, 0) is 43.4 Å². The highest BCUT2D eigenvalue weighted by Crippen LogP contribution is 2.50. The quantitative estimate of drug-likeness (QED) is 0.845. The van der Waals surface area contributed by atoms with Gasteiger partial charge in [-0.15, -0.1) is 11.3 Å². The summed E-state index contributed by atoms with van der Waals surface area (Å²) in [6, 6.07) is 4.38. The second-order valence-electron chi connectivity index (χ2n) is 5.88. The van der Waals surface area contributed by atoms with Crippen LogP contribution in [0.4, 0.5) is 0 Å². The molecule has 1 aromatic heterocycles. The van der Waals surface area contributed by atoms with E-state index in [0.717, 1.165) is 30.5 Å². The molecule has 1 aliphatic heterocycles. The van der Waals surface area contributed by atoms with Gasteiger partial charge in [0.05, 0.1) is 0 Å². The maximum atomic E-state index is 5.76. The van der Waals surface area contributed by atoms with Gasteiger partial charge >= 0.3 is 0 Å². The van der Waals surface area contributed by atoms with E-state index in [9.17, 15) is 0 Å². The van der Waals surface area contributed by atoms with Gasteiger partial charge in [0.25, 0.3) is 0 Å². The number of hydrogen-bond acceptors (Lipinski definition) is 4. The molecule has 21 heavy (non-hydrogen) atoms. The van der Waals surface area contributed by atoms with Crippen LogP contribution in [-0.4, -0.2) is 19.8 Å². The second kappa shape index (κ2) is 5.50. The predicted molar refractivity (Wildman–Crippen MR) is 86.8 cm³/mol. The van der Waals surface area contributed by atoms with E-state index in [0.29, 0.717) is 13.2 Å². The lowest BCUT2D eigenvalue weighted by molar-refractivity contribution is 0.172. The molecular formula is C17H21NO2S. The average molecular weight is 303 g/mol. The molecule has 1 aliphatic carbocycles. The fraction of sp³-hybridized carbons (Fsp3) is 0.529. The summed E-state index contributed by atoms with van der Waals surface area (Å²) in [6.45, 7) is 5.60. The van der Waals surface area contributed by atoms with Crippen molar-refractivity contribution in [2.45, 2.75) is 38.6 Å². The summed E-state index contributed by atoms with van der Waals surface area (Å²) in [5.41, 5.74) is 1.57. The summed E-state index contributed by atoms with van der Waals surface area (Å²) in [6.07, 6.45) is 3.85. The van der Waals surface area contributed by atoms with E-state index < -0.39 is 0 Å². The largest absolute Gasteiger partial charge is 0.486 e. The van der Waals surface area contributed by atoms with Gasteiger partial charge in [0.1, 0.15) is 13.2 Å². The molecule has 0 atom stereocenters. The Morgan fingerprint density at radius 1 is 1.19 bits per heavy atom. The van der Waals surface area contributed by atoms with Crippen LogP contribution in [0.5, 0.6) is 11.5 Å². The Bertz CT molecular complexity index is 660. The zero-order valence-corrected chi connectivity index (χ0v) is 13.2. The van der Waals surface area contributed by atoms with Gasteiger partial charge in [0.2, 0.25) is 0 Å². The summed E-state index contributed by atoms with van der Waals surface area (Å²) in [5, 5.41) is 4.94. The van der Waals surface area contributed by atoms with Gasteiger partial charge in [-0.2, -0.15) is 0 Å². The smallest absolute Gasteiger partial charge is 0.162 e. The van der Waals surface area contributed by atoms with Crippen LogP contribution in [0.2, 0.25) is 0 Å². The minimum atomic E-state index is 0.657. The van der Waals surface area contributed by atoms with Crippen molar-refractivity contribution in [3.63, 3.8) is 0 Å². The Morgan fingerprint density at radius 3 is 2.67 bits per heavy atom. The Kier molecular flexibility index (Phi) is 3.51. The maximum Gasteiger partial charge on any atom is 0.162 e. The van der Waals surface area contributed by atoms with E-state index in [4.69, 9.17) is 9.47 Å². The van der Waals surface area contributed by atoms with Gasteiger partial charge < -0.3 is 14.8 Å². The molecule has 1 aromatic carbocycles. The highest BCUT2D eigenvalue weighted by molar-refractivity contribution is 7.19. The fourth-order valence-electron chi connectivity index (χ4n) is 3.03. The van der Waals surface area contributed by atoms with E-state index in [1.54, 1.807) is 5.56 Å². The first-order chi connectivity index (χ1) is 10.4. The van der Waals surface area contributed by atoms with Crippen LogP contribution in [-0.2, 0) is 6.54 Å². The SMILES string of the molecule is CCCNCc1sc2cc3c(cc2c1C1CC1)OCCO3. The highest BCUT2D eigenvalue weighted by atomic mass is 32.1. The molecule has 112 valence electrons. The van der Waals surface area contributed by atoms with Crippen molar-refractivity contribution in [2.24, 2.45) is 0 Å². The Balaban J connectivity index is 1.76. The van der Waals surface area contributed by atoms with Crippen molar-refractivity contribution in [1.82, 2.24) is 5.32 Å². The van der Waals surface area contributed by atoms with Gasteiger partial charge in [-0.1, -0.05) is 6.92 Å². The molecule has 0 bridgehead atoms. The molecule has 1 saturated carbocycles.